The molecule has 1 aliphatic heterocycles. The molecular formula is C22H25IN2O3. The largest absolute Gasteiger partial charge is 0.484 e. The number of amides is 2. The zero-order valence-electron chi connectivity index (χ0n) is 15.9. The second-order valence-corrected chi connectivity index (χ2v) is 8.09. The normalized spacial score (nSPS) is 14.0. The minimum absolute atomic E-state index is 0.0327. The first-order valence-electron chi connectivity index (χ1n) is 9.59. The highest BCUT2D eigenvalue weighted by Gasteiger charge is 2.24. The zero-order chi connectivity index (χ0) is 19.8. The summed E-state index contributed by atoms with van der Waals surface area (Å²) in [6, 6.07) is 17.8. The van der Waals surface area contributed by atoms with Crippen molar-refractivity contribution in [1.29, 1.82) is 0 Å². The monoisotopic (exact) mass is 492 g/mol. The summed E-state index contributed by atoms with van der Waals surface area (Å²) in [5.74, 6) is 0.842. The van der Waals surface area contributed by atoms with Crippen LogP contribution in [0.2, 0.25) is 0 Å². The van der Waals surface area contributed by atoms with Gasteiger partial charge in [-0.25, -0.2) is 0 Å². The molecule has 0 unspecified atom stereocenters. The molecule has 6 heteroatoms. The Morgan fingerprint density at radius 2 is 1.46 bits per heavy atom. The van der Waals surface area contributed by atoms with Crippen molar-refractivity contribution in [3.63, 3.8) is 0 Å². The number of rotatable bonds is 7. The fourth-order valence-corrected chi connectivity index (χ4v) is 3.58. The lowest BCUT2D eigenvalue weighted by Gasteiger charge is -2.34. The average Bonchev–Trinajstić information content (AvgIpc) is 2.74. The van der Waals surface area contributed by atoms with Crippen LogP contribution in [0, 0.1) is 3.57 Å². The van der Waals surface area contributed by atoms with Crippen molar-refractivity contribution in [1.82, 2.24) is 9.80 Å². The number of halogens is 1. The molecule has 1 fully saturated rings. The van der Waals surface area contributed by atoms with E-state index in [4.69, 9.17) is 4.74 Å². The van der Waals surface area contributed by atoms with Crippen molar-refractivity contribution in [3.8, 4) is 5.75 Å². The van der Waals surface area contributed by atoms with Crippen molar-refractivity contribution in [2.75, 3.05) is 32.8 Å². The molecule has 0 bridgehead atoms. The minimum atomic E-state index is -0.0327. The SMILES string of the molecule is O=C(CCCc1ccccc1)N1CCN(C(=O)COc2ccc(I)cc2)CC1. The van der Waals surface area contributed by atoms with Crippen LogP contribution in [0.4, 0.5) is 0 Å². The van der Waals surface area contributed by atoms with Crippen molar-refractivity contribution in [3.05, 3.63) is 63.7 Å². The van der Waals surface area contributed by atoms with E-state index in [0.29, 0.717) is 38.3 Å². The maximum atomic E-state index is 12.4. The Hall–Kier alpha value is -2.09. The Bertz CT molecular complexity index is 772. The summed E-state index contributed by atoms with van der Waals surface area (Å²) in [6.45, 7) is 2.36. The van der Waals surface area contributed by atoms with E-state index in [1.165, 1.54) is 5.56 Å². The fraction of sp³-hybridized carbons (Fsp3) is 0.364. The Morgan fingerprint density at radius 1 is 0.857 bits per heavy atom. The molecule has 2 amide bonds. The summed E-state index contributed by atoms with van der Waals surface area (Å²) in [6.07, 6.45) is 2.32. The molecule has 1 aliphatic rings. The maximum absolute atomic E-state index is 12.4. The van der Waals surface area contributed by atoms with Gasteiger partial charge in [-0.05, 0) is 65.3 Å². The molecule has 28 heavy (non-hydrogen) atoms. The number of piperazine rings is 1. The maximum Gasteiger partial charge on any atom is 0.260 e. The Kier molecular flexibility index (Phi) is 7.71. The van der Waals surface area contributed by atoms with E-state index >= 15 is 0 Å². The molecule has 0 aromatic heterocycles. The summed E-state index contributed by atoms with van der Waals surface area (Å²) in [5.41, 5.74) is 1.26. The van der Waals surface area contributed by atoms with Crippen LogP contribution in [0.5, 0.6) is 5.75 Å². The molecule has 148 valence electrons. The highest BCUT2D eigenvalue weighted by Crippen LogP contribution is 2.14. The van der Waals surface area contributed by atoms with E-state index in [-0.39, 0.29) is 18.4 Å². The third-order valence-corrected chi connectivity index (χ3v) is 5.58. The van der Waals surface area contributed by atoms with Crippen LogP contribution in [0.3, 0.4) is 0 Å². The number of carbonyl (C=O) groups is 2. The van der Waals surface area contributed by atoms with Gasteiger partial charge in [0.15, 0.2) is 6.61 Å². The molecule has 2 aromatic carbocycles. The smallest absolute Gasteiger partial charge is 0.260 e. The van der Waals surface area contributed by atoms with Crippen LogP contribution < -0.4 is 4.74 Å². The van der Waals surface area contributed by atoms with Gasteiger partial charge in [-0.1, -0.05) is 30.3 Å². The van der Waals surface area contributed by atoms with E-state index in [1.54, 1.807) is 4.90 Å². The minimum Gasteiger partial charge on any atom is -0.484 e. The first kappa shape index (κ1) is 20.6. The molecule has 0 atom stereocenters. The summed E-state index contributed by atoms with van der Waals surface area (Å²) in [5, 5.41) is 0. The number of hydrogen-bond donors (Lipinski definition) is 0. The van der Waals surface area contributed by atoms with E-state index < -0.39 is 0 Å². The molecule has 0 N–H and O–H groups in total. The fourth-order valence-electron chi connectivity index (χ4n) is 3.22. The van der Waals surface area contributed by atoms with Crippen molar-refractivity contribution in [2.24, 2.45) is 0 Å². The van der Waals surface area contributed by atoms with Gasteiger partial charge in [0.25, 0.3) is 5.91 Å². The van der Waals surface area contributed by atoms with E-state index in [0.717, 1.165) is 16.4 Å². The van der Waals surface area contributed by atoms with Crippen molar-refractivity contribution < 1.29 is 14.3 Å². The highest BCUT2D eigenvalue weighted by molar-refractivity contribution is 14.1. The molecule has 0 radical (unpaired) electrons. The van der Waals surface area contributed by atoms with Crippen LogP contribution >= 0.6 is 22.6 Å². The number of ether oxygens (including phenoxy) is 1. The third kappa shape index (κ3) is 6.22. The second-order valence-electron chi connectivity index (χ2n) is 6.84. The van der Waals surface area contributed by atoms with Gasteiger partial charge >= 0.3 is 0 Å². The van der Waals surface area contributed by atoms with Gasteiger partial charge in [-0.15, -0.1) is 0 Å². The first-order chi connectivity index (χ1) is 13.6. The molecule has 2 aromatic rings. The van der Waals surface area contributed by atoms with Gasteiger partial charge in [-0.2, -0.15) is 0 Å². The van der Waals surface area contributed by atoms with Crippen LogP contribution in [0.15, 0.2) is 54.6 Å². The van der Waals surface area contributed by atoms with Gasteiger partial charge < -0.3 is 14.5 Å². The summed E-state index contributed by atoms with van der Waals surface area (Å²) < 4.78 is 6.70. The Balaban J connectivity index is 1.35. The van der Waals surface area contributed by atoms with Crippen LogP contribution in [-0.4, -0.2) is 54.4 Å². The third-order valence-electron chi connectivity index (χ3n) is 4.86. The van der Waals surface area contributed by atoms with Gasteiger partial charge in [0.2, 0.25) is 5.91 Å². The van der Waals surface area contributed by atoms with Gasteiger partial charge in [-0.3, -0.25) is 9.59 Å². The number of aryl methyl sites for hydroxylation is 1. The van der Waals surface area contributed by atoms with Crippen LogP contribution in [0.1, 0.15) is 18.4 Å². The number of hydrogen-bond acceptors (Lipinski definition) is 3. The first-order valence-corrected chi connectivity index (χ1v) is 10.7. The van der Waals surface area contributed by atoms with E-state index in [2.05, 4.69) is 34.7 Å². The molecule has 0 saturated carbocycles. The lowest BCUT2D eigenvalue weighted by atomic mass is 10.1. The summed E-state index contributed by atoms with van der Waals surface area (Å²) in [4.78, 5) is 28.4. The van der Waals surface area contributed by atoms with Crippen LogP contribution in [0.25, 0.3) is 0 Å². The molecule has 1 heterocycles. The number of benzene rings is 2. The van der Waals surface area contributed by atoms with Gasteiger partial charge in [0, 0.05) is 36.2 Å². The zero-order valence-corrected chi connectivity index (χ0v) is 18.0. The standard InChI is InChI=1S/C22H25IN2O3/c23-19-9-11-20(12-10-19)28-17-22(27)25-15-13-24(14-16-25)21(26)8-4-7-18-5-2-1-3-6-18/h1-3,5-6,9-12H,4,7-8,13-17H2. The molecule has 0 spiro atoms. The molecule has 3 rings (SSSR count). The second kappa shape index (κ2) is 10.5. The van der Waals surface area contributed by atoms with Gasteiger partial charge in [0.05, 0.1) is 0 Å². The lowest BCUT2D eigenvalue weighted by molar-refractivity contribution is -0.140. The molecule has 0 aliphatic carbocycles. The van der Waals surface area contributed by atoms with E-state index in [1.807, 2.05) is 47.4 Å². The molecular weight excluding hydrogens is 467 g/mol. The predicted octanol–water partition coefficient (Wildman–Crippen LogP) is 3.36. The average molecular weight is 492 g/mol. The van der Waals surface area contributed by atoms with Crippen LogP contribution in [-0.2, 0) is 16.0 Å². The molecule has 5 nitrogen and oxygen atoms in total. The van der Waals surface area contributed by atoms with Gasteiger partial charge in [0.1, 0.15) is 5.75 Å². The summed E-state index contributed by atoms with van der Waals surface area (Å²) in [7, 11) is 0. The predicted molar refractivity (Wildman–Crippen MR) is 117 cm³/mol. The summed E-state index contributed by atoms with van der Waals surface area (Å²) >= 11 is 2.23. The Morgan fingerprint density at radius 3 is 2.11 bits per heavy atom. The topological polar surface area (TPSA) is 49.9 Å². The van der Waals surface area contributed by atoms with Crippen molar-refractivity contribution in [2.45, 2.75) is 19.3 Å². The Labute approximate surface area is 179 Å². The molecule has 1 saturated heterocycles. The highest BCUT2D eigenvalue weighted by atomic mass is 127. The number of carbonyl (C=O) groups excluding carboxylic acids is 2. The lowest BCUT2D eigenvalue weighted by Crippen LogP contribution is -2.51. The van der Waals surface area contributed by atoms with Crippen molar-refractivity contribution >= 4 is 34.4 Å². The quantitative estimate of drug-likeness (QED) is 0.558. The van der Waals surface area contributed by atoms with E-state index in [9.17, 15) is 9.59 Å². The number of nitrogens with zero attached hydrogens (tertiary/aromatic N) is 2.